The molecule has 0 bridgehead atoms. The molecule has 3 aromatic heterocycles. The maximum atomic E-state index is 4.92. The molecule has 0 spiro atoms. The summed E-state index contributed by atoms with van der Waals surface area (Å²) in [5, 5.41) is 15.4. The second kappa shape index (κ2) is 7.67. The van der Waals surface area contributed by atoms with Crippen molar-refractivity contribution < 1.29 is 4.52 Å². The van der Waals surface area contributed by atoms with Gasteiger partial charge >= 0.3 is 0 Å². The molecular weight excluding hydrogens is 365 g/mol. The SMILES string of the molecule is Bc1cnn2c(NCc3ccc(-c4ncon4)cc3)cc(C3CCNCC3)nc12. The van der Waals surface area contributed by atoms with Gasteiger partial charge in [0.25, 0.3) is 0 Å². The Labute approximate surface area is 169 Å². The maximum Gasteiger partial charge on any atom is 0.214 e. The normalized spacial score (nSPS) is 15.0. The average molecular weight is 387 g/mol. The topological polar surface area (TPSA) is 93.2 Å². The predicted octanol–water partition coefficient (Wildman–Crippen LogP) is 1.12. The van der Waals surface area contributed by atoms with E-state index < -0.39 is 0 Å². The van der Waals surface area contributed by atoms with Gasteiger partial charge in [0, 0.05) is 36.0 Å². The molecule has 0 aliphatic carbocycles. The van der Waals surface area contributed by atoms with E-state index >= 15 is 0 Å². The molecule has 29 heavy (non-hydrogen) atoms. The minimum atomic E-state index is 0.491. The molecule has 8 nitrogen and oxygen atoms in total. The smallest absolute Gasteiger partial charge is 0.214 e. The largest absolute Gasteiger partial charge is 0.366 e. The van der Waals surface area contributed by atoms with Crippen LogP contribution in [0.15, 0.2) is 47.4 Å². The molecule has 0 amide bonds. The number of rotatable bonds is 5. The van der Waals surface area contributed by atoms with E-state index in [1.807, 2.05) is 22.8 Å². The third-order valence-corrected chi connectivity index (χ3v) is 5.47. The molecule has 1 aliphatic heterocycles. The van der Waals surface area contributed by atoms with Gasteiger partial charge < -0.3 is 15.2 Å². The third kappa shape index (κ3) is 3.61. The quantitative estimate of drug-likeness (QED) is 0.496. The third-order valence-electron chi connectivity index (χ3n) is 5.47. The lowest BCUT2D eigenvalue weighted by Gasteiger charge is -2.23. The van der Waals surface area contributed by atoms with Gasteiger partial charge in [-0.15, -0.1) is 0 Å². The summed E-state index contributed by atoms with van der Waals surface area (Å²) in [5.74, 6) is 2.06. The molecule has 0 radical (unpaired) electrons. The van der Waals surface area contributed by atoms with Crippen molar-refractivity contribution in [1.29, 1.82) is 0 Å². The highest BCUT2D eigenvalue weighted by molar-refractivity contribution is 6.36. The zero-order valence-corrected chi connectivity index (χ0v) is 16.3. The second-order valence-corrected chi connectivity index (χ2v) is 7.46. The Morgan fingerprint density at radius 2 is 2.03 bits per heavy atom. The molecule has 5 rings (SSSR count). The minimum Gasteiger partial charge on any atom is -0.366 e. The first-order valence-electron chi connectivity index (χ1n) is 9.93. The number of piperidine rings is 1. The number of nitrogens with one attached hydrogen (secondary N) is 2. The van der Waals surface area contributed by atoms with Crippen molar-refractivity contribution in [2.24, 2.45) is 0 Å². The van der Waals surface area contributed by atoms with Gasteiger partial charge in [-0.25, -0.2) is 4.98 Å². The second-order valence-electron chi connectivity index (χ2n) is 7.46. The molecule has 2 N–H and O–H groups in total. The van der Waals surface area contributed by atoms with Crippen LogP contribution in [-0.2, 0) is 6.54 Å². The molecule has 0 atom stereocenters. The van der Waals surface area contributed by atoms with E-state index in [2.05, 4.69) is 51.9 Å². The monoisotopic (exact) mass is 387 g/mol. The zero-order chi connectivity index (χ0) is 19.6. The average Bonchev–Trinajstić information content (AvgIpc) is 3.44. The van der Waals surface area contributed by atoms with Crippen LogP contribution in [0.2, 0.25) is 0 Å². The van der Waals surface area contributed by atoms with Crippen molar-refractivity contribution in [2.45, 2.75) is 25.3 Å². The molecule has 9 heteroatoms. The molecular formula is C20H22BN7O. The first-order chi connectivity index (χ1) is 14.3. The lowest BCUT2D eigenvalue weighted by Crippen LogP contribution is -2.27. The number of hydrogen-bond acceptors (Lipinski definition) is 7. The lowest BCUT2D eigenvalue weighted by molar-refractivity contribution is 0.419. The van der Waals surface area contributed by atoms with E-state index in [1.165, 1.54) is 6.39 Å². The summed E-state index contributed by atoms with van der Waals surface area (Å²) in [5.41, 5.74) is 5.26. The molecule has 146 valence electrons. The van der Waals surface area contributed by atoms with E-state index in [4.69, 9.17) is 9.51 Å². The Kier molecular flexibility index (Phi) is 4.73. The van der Waals surface area contributed by atoms with Gasteiger partial charge in [-0.1, -0.05) is 29.4 Å². The van der Waals surface area contributed by atoms with Crippen molar-refractivity contribution in [3.8, 4) is 11.4 Å². The molecule has 1 saturated heterocycles. The van der Waals surface area contributed by atoms with Gasteiger partial charge in [-0.05, 0) is 37.0 Å². The van der Waals surface area contributed by atoms with E-state index in [0.717, 1.165) is 59.7 Å². The number of fused-ring (bicyclic) bond motifs is 1. The fourth-order valence-corrected chi connectivity index (χ4v) is 3.81. The summed E-state index contributed by atoms with van der Waals surface area (Å²) in [4.78, 5) is 9.01. The van der Waals surface area contributed by atoms with Crippen LogP contribution in [0.25, 0.3) is 17.0 Å². The van der Waals surface area contributed by atoms with Crippen molar-refractivity contribution >= 4 is 24.8 Å². The Balaban J connectivity index is 1.39. The summed E-state index contributed by atoms with van der Waals surface area (Å²) in [6, 6.07) is 10.3. The van der Waals surface area contributed by atoms with Gasteiger partial charge in [-0.2, -0.15) is 14.6 Å². The summed E-state index contributed by atoms with van der Waals surface area (Å²) < 4.78 is 6.71. The number of nitrogens with zero attached hydrogens (tertiary/aromatic N) is 5. The highest BCUT2D eigenvalue weighted by Crippen LogP contribution is 2.26. The molecule has 1 aliphatic rings. The van der Waals surface area contributed by atoms with Crippen molar-refractivity contribution in [3.05, 3.63) is 54.2 Å². The maximum absolute atomic E-state index is 4.92. The summed E-state index contributed by atoms with van der Waals surface area (Å²) >= 11 is 0. The van der Waals surface area contributed by atoms with E-state index in [9.17, 15) is 0 Å². The van der Waals surface area contributed by atoms with Gasteiger partial charge in [0.15, 0.2) is 5.65 Å². The van der Waals surface area contributed by atoms with Gasteiger partial charge in [-0.3, -0.25) is 0 Å². The first kappa shape index (κ1) is 17.9. The Morgan fingerprint density at radius 1 is 1.21 bits per heavy atom. The lowest BCUT2D eigenvalue weighted by atomic mass is 9.94. The number of benzene rings is 1. The molecule has 4 aromatic rings. The van der Waals surface area contributed by atoms with Crippen molar-refractivity contribution in [2.75, 3.05) is 18.4 Å². The molecule has 4 heterocycles. The van der Waals surface area contributed by atoms with Crippen LogP contribution in [0, 0.1) is 0 Å². The highest BCUT2D eigenvalue weighted by Gasteiger charge is 2.19. The number of anilines is 1. The highest BCUT2D eigenvalue weighted by atomic mass is 16.5. The minimum absolute atomic E-state index is 0.491. The first-order valence-corrected chi connectivity index (χ1v) is 9.93. The number of aromatic nitrogens is 5. The molecule has 1 aromatic carbocycles. The molecule has 0 saturated carbocycles. The van der Waals surface area contributed by atoms with Crippen LogP contribution in [0.1, 0.15) is 30.0 Å². The summed E-state index contributed by atoms with van der Waals surface area (Å²) in [6.45, 7) is 2.78. The fourth-order valence-electron chi connectivity index (χ4n) is 3.81. The van der Waals surface area contributed by atoms with E-state index in [0.29, 0.717) is 18.3 Å². The van der Waals surface area contributed by atoms with Gasteiger partial charge in [0.2, 0.25) is 12.2 Å². The van der Waals surface area contributed by atoms with Crippen LogP contribution in [0.4, 0.5) is 5.82 Å². The van der Waals surface area contributed by atoms with Crippen molar-refractivity contribution in [1.82, 2.24) is 30.1 Å². The van der Waals surface area contributed by atoms with Crippen LogP contribution >= 0.6 is 0 Å². The van der Waals surface area contributed by atoms with Crippen LogP contribution in [0.3, 0.4) is 0 Å². The van der Waals surface area contributed by atoms with Crippen LogP contribution in [0.5, 0.6) is 0 Å². The molecule has 1 fully saturated rings. The molecule has 0 unspecified atom stereocenters. The van der Waals surface area contributed by atoms with Gasteiger partial charge in [0.05, 0.1) is 0 Å². The Morgan fingerprint density at radius 3 is 2.79 bits per heavy atom. The van der Waals surface area contributed by atoms with E-state index in [1.54, 1.807) is 0 Å². The van der Waals surface area contributed by atoms with Crippen molar-refractivity contribution in [3.63, 3.8) is 0 Å². The predicted molar refractivity (Wildman–Crippen MR) is 113 cm³/mol. The van der Waals surface area contributed by atoms with Crippen LogP contribution in [-0.4, -0.2) is 45.7 Å². The fraction of sp³-hybridized carbons (Fsp3) is 0.300. The summed E-state index contributed by atoms with van der Waals surface area (Å²) in [6.07, 6.45) is 5.45. The van der Waals surface area contributed by atoms with E-state index in [-0.39, 0.29) is 0 Å². The summed E-state index contributed by atoms with van der Waals surface area (Å²) in [7, 11) is 2.06. The van der Waals surface area contributed by atoms with Crippen LogP contribution < -0.4 is 16.1 Å². The van der Waals surface area contributed by atoms with Gasteiger partial charge in [0.1, 0.15) is 13.7 Å². The zero-order valence-electron chi connectivity index (χ0n) is 16.3. The Hall–Kier alpha value is -3.20. The standard InChI is InChI=1S/C20H22BN7O/c21-16-11-25-28-18(9-17(26-20(16)28)14-5-7-22-8-6-14)23-10-13-1-3-15(4-2-13)19-24-12-29-27-19/h1-4,9,11-12,14,22-23H,5-8,10,21H2. The Bertz CT molecular complexity index is 1100. The number of hydrogen-bond donors (Lipinski definition) is 2.